The van der Waals surface area contributed by atoms with Crippen molar-refractivity contribution in [2.45, 2.75) is 32.5 Å². The molecule has 3 aromatic rings. The lowest BCUT2D eigenvalue weighted by atomic mass is 9.99. The van der Waals surface area contributed by atoms with E-state index in [1.807, 2.05) is 47.4 Å². The normalized spacial score (nSPS) is 13.8. The third-order valence-electron chi connectivity index (χ3n) is 5.52. The van der Waals surface area contributed by atoms with Gasteiger partial charge in [0.05, 0.1) is 5.56 Å². The molecular formula is C26H26N2O3. The molecule has 1 aliphatic rings. The van der Waals surface area contributed by atoms with E-state index in [-0.39, 0.29) is 11.8 Å². The molecule has 0 aliphatic carbocycles. The molecule has 0 saturated heterocycles. The smallest absolute Gasteiger partial charge is 0.263 e. The van der Waals surface area contributed by atoms with E-state index in [9.17, 15) is 9.59 Å². The van der Waals surface area contributed by atoms with Crippen LogP contribution in [0.5, 0.6) is 5.75 Å². The standard InChI is InChI=1S/C26H26N2O3/c1-19(26(30)28-16-15-21-11-5-6-12-22(21)18-28)31-24-14-8-7-13-23(24)25(29)27-17-20-9-3-2-4-10-20/h2-14,19H,15-18H2,1H3,(H,27,29). The molecule has 2 amide bonds. The van der Waals surface area contributed by atoms with Gasteiger partial charge >= 0.3 is 0 Å². The van der Waals surface area contributed by atoms with Crippen LogP contribution in [0.3, 0.4) is 0 Å². The van der Waals surface area contributed by atoms with Gasteiger partial charge in [-0.25, -0.2) is 0 Å². The summed E-state index contributed by atoms with van der Waals surface area (Å²) in [5.41, 5.74) is 3.90. The number of nitrogens with zero attached hydrogens (tertiary/aromatic N) is 1. The average Bonchev–Trinajstić information content (AvgIpc) is 2.82. The maximum atomic E-state index is 13.0. The molecular weight excluding hydrogens is 388 g/mol. The Bertz CT molecular complexity index is 1070. The fourth-order valence-corrected chi connectivity index (χ4v) is 3.81. The number of amides is 2. The van der Waals surface area contributed by atoms with Gasteiger partial charge in [-0.1, -0.05) is 66.7 Å². The minimum atomic E-state index is -0.687. The summed E-state index contributed by atoms with van der Waals surface area (Å²) in [6, 6.07) is 25.0. The number of fused-ring (bicyclic) bond motifs is 1. The van der Waals surface area contributed by atoms with E-state index in [0.29, 0.717) is 30.9 Å². The Morgan fingerprint density at radius 1 is 0.935 bits per heavy atom. The quantitative estimate of drug-likeness (QED) is 0.664. The molecule has 158 valence electrons. The first-order chi connectivity index (χ1) is 15.1. The molecule has 0 radical (unpaired) electrons. The number of ether oxygens (including phenoxy) is 1. The average molecular weight is 415 g/mol. The van der Waals surface area contributed by atoms with Crippen molar-refractivity contribution in [3.05, 3.63) is 101 Å². The van der Waals surface area contributed by atoms with E-state index in [0.717, 1.165) is 12.0 Å². The fourth-order valence-electron chi connectivity index (χ4n) is 3.81. The molecule has 0 bridgehead atoms. The highest BCUT2D eigenvalue weighted by Crippen LogP contribution is 2.23. The number of nitrogens with one attached hydrogen (secondary N) is 1. The van der Waals surface area contributed by atoms with Crippen molar-refractivity contribution in [2.75, 3.05) is 6.54 Å². The first kappa shape index (κ1) is 20.7. The minimum absolute atomic E-state index is 0.0750. The zero-order valence-electron chi connectivity index (χ0n) is 17.6. The summed E-state index contributed by atoms with van der Waals surface area (Å²) in [6.45, 7) is 3.42. The van der Waals surface area contributed by atoms with Crippen LogP contribution in [0.15, 0.2) is 78.9 Å². The van der Waals surface area contributed by atoms with Gasteiger partial charge in [0.1, 0.15) is 5.75 Å². The number of benzene rings is 3. The second-order valence-electron chi connectivity index (χ2n) is 7.70. The molecule has 5 heteroatoms. The summed E-state index contributed by atoms with van der Waals surface area (Å²) in [5.74, 6) is 0.103. The number of rotatable bonds is 6. The van der Waals surface area contributed by atoms with Crippen molar-refractivity contribution in [3.63, 3.8) is 0 Å². The summed E-state index contributed by atoms with van der Waals surface area (Å²) in [7, 11) is 0. The molecule has 1 atom stereocenters. The predicted molar refractivity (Wildman–Crippen MR) is 120 cm³/mol. The Morgan fingerprint density at radius 2 is 1.61 bits per heavy atom. The first-order valence-corrected chi connectivity index (χ1v) is 10.5. The van der Waals surface area contributed by atoms with Gasteiger partial charge in [-0.15, -0.1) is 0 Å². The molecule has 4 rings (SSSR count). The van der Waals surface area contributed by atoms with Gasteiger partial charge in [0.25, 0.3) is 11.8 Å². The van der Waals surface area contributed by atoms with Crippen molar-refractivity contribution in [3.8, 4) is 5.75 Å². The molecule has 1 N–H and O–H groups in total. The number of para-hydroxylation sites is 1. The van der Waals surface area contributed by atoms with E-state index >= 15 is 0 Å². The molecule has 1 unspecified atom stereocenters. The molecule has 0 fully saturated rings. The van der Waals surface area contributed by atoms with Crippen molar-refractivity contribution in [1.82, 2.24) is 10.2 Å². The summed E-state index contributed by atoms with van der Waals surface area (Å²) in [6.07, 6.45) is 0.154. The van der Waals surface area contributed by atoms with Gasteiger partial charge in [0, 0.05) is 19.6 Å². The van der Waals surface area contributed by atoms with Crippen LogP contribution in [0.25, 0.3) is 0 Å². The lowest BCUT2D eigenvalue weighted by molar-refractivity contribution is -0.138. The third-order valence-corrected chi connectivity index (χ3v) is 5.52. The predicted octanol–water partition coefficient (Wildman–Crippen LogP) is 3.97. The van der Waals surface area contributed by atoms with Crippen LogP contribution in [-0.4, -0.2) is 29.4 Å². The summed E-state index contributed by atoms with van der Waals surface area (Å²) in [5, 5.41) is 2.92. The Morgan fingerprint density at radius 3 is 2.42 bits per heavy atom. The van der Waals surface area contributed by atoms with Crippen molar-refractivity contribution in [1.29, 1.82) is 0 Å². The van der Waals surface area contributed by atoms with Crippen LogP contribution >= 0.6 is 0 Å². The van der Waals surface area contributed by atoms with Gasteiger partial charge in [0.2, 0.25) is 0 Å². The highest BCUT2D eigenvalue weighted by molar-refractivity contribution is 5.97. The molecule has 5 nitrogen and oxygen atoms in total. The third kappa shape index (κ3) is 4.94. The van der Waals surface area contributed by atoms with Gasteiger partial charge < -0.3 is 15.0 Å². The second-order valence-corrected chi connectivity index (χ2v) is 7.70. The SMILES string of the molecule is CC(Oc1ccccc1C(=O)NCc1ccccc1)C(=O)N1CCc2ccccc2C1. The van der Waals surface area contributed by atoms with Crippen LogP contribution in [0.1, 0.15) is 34.0 Å². The maximum absolute atomic E-state index is 13.0. The van der Waals surface area contributed by atoms with E-state index in [1.165, 1.54) is 11.1 Å². The van der Waals surface area contributed by atoms with Crippen LogP contribution < -0.4 is 10.1 Å². The van der Waals surface area contributed by atoms with Crippen LogP contribution in [0.2, 0.25) is 0 Å². The van der Waals surface area contributed by atoms with Crippen LogP contribution in [0.4, 0.5) is 0 Å². The largest absolute Gasteiger partial charge is 0.480 e. The van der Waals surface area contributed by atoms with Gasteiger partial charge in [-0.05, 0) is 42.2 Å². The van der Waals surface area contributed by atoms with Crippen molar-refractivity contribution in [2.24, 2.45) is 0 Å². The molecule has 3 aromatic carbocycles. The highest BCUT2D eigenvalue weighted by Gasteiger charge is 2.26. The number of hydrogen-bond donors (Lipinski definition) is 1. The minimum Gasteiger partial charge on any atom is -0.480 e. The van der Waals surface area contributed by atoms with E-state index in [4.69, 9.17) is 4.74 Å². The van der Waals surface area contributed by atoms with E-state index in [2.05, 4.69) is 17.4 Å². The Labute approximate surface area is 182 Å². The topological polar surface area (TPSA) is 58.6 Å². The monoisotopic (exact) mass is 414 g/mol. The molecule has 1 heterocycles. The van der Waals surface area contributed by atoms with Crippen LogP contribution in [-0.2, 0) is 24.3 Å². The fraction of sp³-hybridized carbons (Fsp3) is 0.231. The Kier molecular flexibility index (Phi) is 6.32. The Hall–Kier alpha value is -3.60. The lowest BCUT2D eigenvalue weighted by Gasteiger charge is -2.31. The van der Waals surface area contributed by atoms with Crippen molar-refractivity contribution >= 4 is 11.8 Å². The number of carbonyl (C=O) groups excluding carboxylic acids is 2. The number of carbonyl (C=O) groups is 2. The highest BCUT2D eigenvalue weighted by atomic mass is 16.5. The summed E-state index contributed by atoms with van der Waals surface area (Å²) < 4.78 is 5.97. The van der Waals surface area contributed by atoms with Crippen molar-refractivity contribution < 1.29 is 14.3 Å². The molecule has 31 heavy (non-hydrogen) atoms. The maximum Gasteiger partial charge on any atom is 0.263 e. The number of hydrogen-bond acceptors (Lipinski definition) is 3. The second kappa shape index (κ2) is 9.47. The molecule has 0 saturated carbocycles. The molecule has 0 aromatic heterocycles. The van der Waals surface area contributed by atoms with Gasteiger partial charge in [-0.3, -0.25) is 9.59 Å². The van der Waals surface area contributed by atoms with E-state index < -0.39 is 6.10 Å². The lowest BCUT2D eigenvalue weighted by Crippen LogP contribution is -2.43. The molecule has 1 aliphatic heterocycles. The zero-order valence-corrected chi connectivity index (χ0v) is 17.6. The first-order valence-electron chi connectivity index (χ1n) is 10.5. The molecule has 0 spiro atoms. The van der Waals surface area contributed by atoms with Crippen LogP contribution in [0, 0.1) is 0 Å². The van der Waals surface area contributed by atoms with Gasteiger partial charge in [0.15, 0.2) is 6.10 Å². The summed E-state index contributed by atoms with van der Waals surface area (Å²) >= 11 is 0. The Balaban J connectivity index is 1.41. The summed E-state index contributed by atoms with van der Waals surface area (Å²) in [4.78, 5) is 27.6. The van der Waals surface area contributed by atoms with E-state index in [1.54, 1.807) is 31.2 Å². The zero-order chi connectivity index (χ0) is 21.6. The van der Waals surface area contributed by atoms with Gasteiger partial charge in [-0.2, -0.15) is 0 Å².